The van der Waals surface area contributed by atoms with E-state index in [1.54, 1.807) is 12.5 Å². The quantitative estimate of drug-likeness (QED) is 0.688. The van der Waals surface area contributed by atoms with Gasteiger partial charge in [0.25, 0.3) is 0 Å². The van der Waals surface area contributed by atoms with E-state index in [-0.39, 0.29) is 23.5 Å². The average molecular weight is 438 g/mol. The lowest BCUT2D eigenvalue weighted by atomic mass is 9.86. The molecule has 0 saturated heterocycles. The minimum atomic E-state index is -1.04. The normalized spacial score (nSPS) is 19.9. The summed E-state index contributed by atoms with van der Waals surface area (Å²) in [6, 6.07) is 7.45. The van der Waals surface area contributed by atoms with E-state index in [0.717, 1.165) is 29.3 Å². The van der Waals surface area contributed by atoms with E-state index >= 15 is 0 Å². The van der Waals surface area contributed by atoms with Crippen LogP contribution < -0.4 is 5.32 Å². The third-order valence-electron chi connectivity index (χ3n) is 4.70. The summed E-state index contributed by atoms with van der Waals surface area (Å²) in [5, 5.41) is 14.2. The number of rotatable bonds is 5. The van der Waals surface area contributed by atoms with Gasteiger partial charge in [-0.15, -0.1) is 11.3 Å². The molecule has 0 spiro atoms. The first-order chi connectivity index (χ1) is 12.5. The Labute approximate surface area is 164 Å². The number of carboxylic acids is 1. The van der Waals surface area contributed by atoms with Gasteiger partial charge in [-0.1, -0.05) is 34.5 Å². The fourth-order valence-corrected chi connectivity index (χ4v) is 4.57. The lowest BCUT2D eigenvalue weighted by molar-refractivity contribution is -0.122. The smallest absolute Gasteiger partial charge is 0.339 e. The van der Waals surface area contributed by atoms with Crippen molar-refractivity contribution < 1.29 is 19.4 Å². The van der Waals surface area contributed by atoms with Gasteiger partial charge in [0.15, 0.2) is 0 Å². The number of methoxy groups -OCH3 is 1. The lowest BCUT2D eigenvalue weighted by Gasteiger charge is -2.27. The molecule has 0 bridgehead atoms. The summed E-state index contributed by atoms with van der Waals surface area (Å²) >= 11 is 4.70. The van der Waals surface area contributed by atoms with Crippen molar-refractivity contribution in [2.24, 2.45) is 5.92 Å². The average Bonchev–Trinajstić information content (AvgIpc) is 3.06. The van der Waals surface area contributed by atoms with Crippen LogP contribution in [0.1, 0.15) is 36.0 Å². The van der Waals surface area contributed by atoms with Crippen LogP contribution in [0.15, 0.2) is 34.1 Å². The predicted octanol–water partition coefficient (Wildman–Crippen LogP) is 5.02. The Bertz CT molecular complexity index is 802. The van der Waals surface area contributed by atoms with Gasteiger partial charge in [-0.05, 0) is 37.0 Å². The van der Waals surface area contributed by atoms with Crippen molar-refractivity contribution in [1.82, 2.24) is 0 Å². The zero-order valence-electron chi connectivity index (χ0n) is 14.3. The molecule has 1 saturated carbocycles. The van der Waals surface area contributed by atoms with E-state index in [1.807, 2.05) is 24.3 Å². The van der Waals surface area contributed by atoms with Crippen molar-refractivity contribution in [3.05, 3.63) is 39.7 Å². The summed E-state index contributed by atoms with van der Waals surface area (Å²) in [7, 11) is 1.66. The number of thiophene rings is 1. The van der Waals surface area contributed by atoms with E-state index in [9.17, 15) is 14.7 Å². The van der Waals surface area contributed by atoms with Gasteiger partial charge in [-0.25, -0.2) is 4.79 Å². The molecule has 2 atom stereocenters. The molecule has 1 heterocycles. The minimum Gasteiger partial charge on any atom is -0.478 e. The van der Waals surface area contributed by atoms with Crippen LogP contribution in [0.5, 0.6) is 0 Å². The SMILES string of the molecule is COC1CCCC(C(=O)Nc2csc(-c3ccc(Br)cc3)c2C(=O)O)C1. The summed E-state index contributed by atoms with van der Waals surface area (Å²) < 4.78 is 6.30. The molecule has 2 unspecified atom stereocenters. The monoisotopic (exact) mass is 437 g/mol. The third-order valence-corrected chi connectivity index (χ3v) is 6.26. The van der Waals surface area contributed by atoms with Gasteiger partial charge < -0.3 is 15.2 Å². The molecule has 1 aromatic heterocycles. The zero-order valence-corrected chi connectivity index (χ0v) is 16.7. The standard InChI is InChI=1S/C19H20BrNO4S/c1-25-14-4-2-3-12(9-14)18(22)21-15-10-26-17(16(15)19(23)24)11-5-7-13(20)8-6-11/h5-8,10,12,14H,2-4,9H2,1H3,(H,21,22)(H,23,24). The molecule has 5 nitrogen and oxygen atoms in total. The molecular formula is C19H20BrNO4S. The molecule has 1 aliphatic rings. The highest BCUT2D eigenvalue weighted by molar-refractivity contribution is 9.10. The van der Waals surface area contributed by atoms with Crippen LogP contribution in [0.4, 0.5) is 5.69 Å². The first-order valence-corrected chi connectivity index (χ1v) is 10.1. The van der Waals surface area contributed by atoms with Crippen LogP contribution in [-0.4, -0.2) is 30.2 Å². The number of carboxylic acid groups (broad SMARTS) is 1. The molecule has 7 heteroatoms. The minimum absolute atomic E-state index is 0.0965. The molecule has 1 amide bonds. The Kier molecular flexibility index (Phi) is 6.11. The largest absolute Gasteiger partial charge is 0.478 e. The molecular weight excluding hydrogens is 418 g/mol. The third kappa shape index (κ3) is 4.16. The van der Waals surface area contributed by atoms with Gasteiger partial charge in [-0.2, -0.15) is 0 Å². The molecule has 0 radical (unpaired) electrons. The number of ether oxygens (including phenoxy) is 1. The Balaban J connectivity index is 1.83. The van der Waals surface area contributed by atoms with Gasteiger partial charge in [0.1, 0.15) is 5.56 Å². The van der Waals surface area contributed by atoms with Gasteiger partial charge in [0, 0.05) is 22.9 Å². The first-order valence-electron chi connectivity index (χ1n) is 8.44. The van der Waals surface area contributed by atoms with Crippen molar-refractivity contribution in [3.8, 4) is 10.4 Å². The second-order valence-corrected chi connectivity index (χ2v) is 8.17. The number of anilines is 1. The number of carbonyl (C=O) groups is 2. The van der Waals surface area contributed by atoms with Gasteiger partial charge in [0.2, 0.25) is 5.91 Å². The fraction of sp³-hybridized carbons (Fsp3) is 0.368. The summed E-state index contributed by atoms with van der Waals surface area (Å²) in [4.78, 5) is 25.1. The van der Waals surface area contributed by atoms with Crippen molar-refractivity contribution in [1.29, 1.82) is 0 Å². The van der Waals surface area contributed by atoms with Gasteiger partial charge in [-0.3, -0.25) is 4.79 Å². The maximum Gasteiger partial charge on any atom is 0.339 e. The molecule has 2 aromatic rings. The number of amides is 1. The maximum absolute atomic E-state index is 12.6. The van der Waals surface area contributed by atoms with E-state index in [4.69, 9.17) is 4.74 Å². The van der Waals surface area contributed by atoms with Gasteiger partial charge >= 0.3 is 5.97 Å². The number of hydrogen-bond acceptors (Lipinski definition) is 4. The van der Waals surface area contributed by atoms with Crippen molar-refractivity contribution in [2.45, 2.75) is 31.8 Å². The predicted molar refractivity (Wildman–Crippen MR) is 106 cm³/mol. The number of aromatic carboxylic acids is 1. The summed E-state index contributed by atoms with van der Waals surface area (Å²) in [5.74, 6) is -1.32. The Morgan fingerprint density at radius 2 is 2.00 bits per heavy atom. The second kappa shape index (κ2) is 8.33. The number of hydrogen-bond donors (Lipinski definition) is 2. The summed E-state index contributed by atoms with van der Waals surface area (Å²) in [6.45, 7) is 0. The first kappa shape index (κ1) is 19.1. The van der Waals surface area contributed by atoms with Crippen molar-refractivity contribution >= 4 is 44.8 Å². The Morgan fingerprint density at radius 1 is 1.27 bits per heavy atom. The van der Waals surface area contributed by atoms with E-state index in [1.165, 1.54) is 11.3 Å². The zero-order chi connectivity index (χ0) is 18.7. The highest BCUT2D eigenvalue weighted by Crippen LogP contribution is 2.37. The summed E-state index contributed by atoms with van der Waals surface area (Å²) in [6.07, 6.45) is 3.48. The van der Waals surface area contributed by atoms with Crippen LogP contribution >= 0.6 is 27.3 Å². The number of carbonyl (C=O) groups excluding carboxylic acids is 1. The topological polar surface area (TPSA) is 75.6 Å². The number of nitrogens with one attached hydrogen (secondary N) is 1. The highest BCUT2D eigenvalue weighted by atomic mass is 79.9. The number of halogens is 1. The Hall–Kier alpha value is -1.70. The van der Waals surface area contributed by atoms with E-state index in [0.29, 0.717) is 17.0 Å². The van der Waals surface area contributed by atoms with E-state index < -0.39 is 5.97 Å². The molecule has 3 rings (SSSR count). The molecule has 1 aliphatic carbocycles. The van der Waals surface area contributed by atoms with Crippen LogP contribution in [0, 0.1) is 5.92 Å². The molecule has 1 fully saturated rings. The molecule has 138 valence electrons. The van der Waals surface area contributed by atoms with Crippen molar-refractivity contribution in [3.63, 3.8) is 0 Å². The molecule has 0 aliphatic heterocycles. The Morgan fingerprint density at radius 3 is 2.65 bits per heavy atom. The lowest BCUT2D eigenvalue weighted by Crippen LogP contribution is -2.31. The molecule has 26 heavy (non-hydrogen) atoms. The van der Waals surface area contributed by atoms with E-state index in [2.05, 4.69) is 21.2 Å². The summed E-state index contributed by atoms with van der Waals surface area (Å²) in [5.41, 5.74) is 1.32. The van der Waals surface area contributed by atoms with Crippen LogP contribution in [-0.2, 0) is 9.53 Å². The van der Waals surface area contributed by atoms with Crippen LogP contribution in [0.25, 0.3) is 10.4 Å². The highest BCUT2D eigenvalue weighted by Gasteiger charge is 2.29. The van der Waals surface area contributed by atoms with Crippen LogP contribution in [0.2, 0.25) is 0 Å². The van der Waals surface area contributed by atoms with Gasteiger partial charge in [0.05, 0.1) is 16.7 Å². The second-order valence-electron chi connectivity index (χ2n) is 6.38. The van der Waals surface area contributed by atoms with Crippen molar-refractivity contribution in [2.75, 3.05) is 12.4 Å². The molecule has 1 aromatic carbocycles. The fourth-order valence-electron chi connectivity index (χ4n) is 3.31. The number of benzene rings is 1. The van der Waals surface area contributed by atoms with Crippen LogP contribution in [0.3, 0.4) is 0 Å². The maximum atomic E-state index is 12.6. The molecule has 2 N–H and O–H groups in total.